The zero-order valence-corrected chi connectivity index (χ0v) is 14.4. The monoisotopic (exact) mass is 302 g/mol. The minimum Gasteiger partial charge on any atom is -0.308 e. The van der Waals surface area contributed by atoms with Gasteiger partial charge in [-0.05, 0) is 52.0 Å². The standard InChI is InChI=1S/C15H27ClN2S/c1-6-11-17-14(12-9-10-13(16)19-12)15(4,5)18(7-2)8-3/h9-10,14,17H,6-8,11H2,1-5H3. The van der Waals surface area contributed by atoms with Crippen molar-refractivity contribution in [1.29, 1.82) is 0 Å². The summed E-state index contributed by atoms with van der Waals surface area (Å²) in [5.41, 5.74) is 0.0762. The largest absolute Gasteiger partial charge is 0.308 e. The van der Waals surface area contributed by atoms with Gasteiger partial charge in [-0.15, -0.1) is 11.3 Å². The quantitative estimate of drug-likeness (QED) is 0.757. The van der Waals surface area contributed by atoms with E-state index in [1.165, 1.54) is 4.88 Å². The summed E-state index contributed by atoms with van der Waals surface area (Å²) in [5, 5.41) is 3.70. The zero-order chi connectivity index (χ0) is 14.5. The van der Waals surface area contributed by atoms with E-state index in [1.807, 2.05) is 6.07 Å². The van der Waals surface area contributed by atoms with Gasteiger partial charge in [0.2, 0.25) is 0 Å². The molecule has 0 saturated heterocycles. The SMILES string of the molecule is CCCNC(c1ccc(Cl)s1)C(C)(C)N(CC)CC. The van der Waals surface area contributed by atoms with Crippen molar-refractivity contribution in [3.05, 3.63) is 21.3 Å². The fourth-order valence-electron chi connectivity index (χ4n) is 2.69. The molecule has 1 N–H and O–H groups in total. The summed E-state index contributed by atoms with van der Waals surface area (Å²) in [7, 11) is 0. The average molecular weight is 303 g/mol. The summed E-state index contributed by atoms with van der Waals surface area (Å²) in [6.45, 7) is 14.5. The normalized spacial score (nSPS) is 14.1. The lowest BCUT2D eigenvalue weighted by molar-refractivity contribution is 0.0925. The number of thiophene rings is 1. The molecule has 0 saturated carbocycles. The zero-order valence-electron chi connectivity index (χ0n) is 12.8. The van der Waals surface area contributed by atoms with Crippen LogP contribution in [0.3, 0.4) is 0 Å². The maximum absolute atomic E-state index is 6.11. The van der Waals surface area contributed by atoms with E-state index in [-0.39, 0.29) is 5.54 Å². The Kier molecular flexibility index (Phi) is 6.81. The van der Waals surface area contributed by atoms with Crippen LogP contribution in [0.2, 0.25) is 4.34 Å². The van der Waals surface area contributed by atoms with Crippen molar-refractivity contribution in [3.63, 3.8) is 0 Å². The van der Waals surface area contributed by atoms with E-state index in [9.17, 15) is 0 Å². The van der Waals surface area contributed by atoms with Crippen LogP contribution in [0.5, 0.6) is 0 Å². The molecule has 0 radical (unpaired) electrons. The Morgan fingerprint density at radius 1 is 1.26 bits per heavy atom. The van der Waals surface area contributed by atoms with Gasteiger partial charge in [0, 0.05) is 10.4 Å². The van der Waals surface area contributed by atoms with E-state index >= 15 is 0 Å². The molecule has 1 aromatic heterocycles. The highest BCUT2D eigenvalue weighted by atomic mass is 35.5. The van der Waals surface area contributed by atoms with Gasteiger partial charge in [0.05, 0.1) is 10.4 Å². The van der Waals surface area contributed by atoms with Crippen molar-refractivity contribution >= 4 is 22.9 Å². The molecular formula is C15H27ClN2S. The molecule has 2 nitrogen and oxygen atoms in total. The lowest BCUT2D eigenvalue weighted by atomic mass is 9.90. The Hall–Kier alpha value is -0.0900. The maximum atomic E-state index is 6.11. The van der Waals surface area contributed by atoms with Gasteiger partial charge >= 0.3 is 0 Å². The molecule has 1 heterocycles. The molecule has 0 amide bonds. The van der Waals surface area contributed by atoms with Gasteiger partial charge < -0.3 is 5.32 Å². The average Bonchev–Trinajstić information content (AvgIpc) is 2.77. The van der Waals surface area contributed by atoms with Crippen molar-refractivity contribution in [2.45, 2.75) is 52.6 Å². The highest BCUT2D eigenvalue weighted by Crippen LogP contribution is 2.36. The van der Waals surface area contributed by atoms with Crippen molar-refractivity contribution < 1.29 is 0 Å². The highest BCUT2D eigenvalue weighted by molar-refractivity contribution is 7.16. The molecule has 0 aliphatic carbocycles. The lowest BCUT2D eigenvalue weighted by Crippen LogP contribution is -2.52. The molecule has 110 valence electrons. The van der Waals surface area contributed by atoms with Crippen LogP contribution in [0.1, 0.15) is 52.0 Å². The van der Waals surface area contributed by atoms with Crippen molar-refractivity contribution in [1.82, 2.24) is 10.2 Å². The van der Waals surface area contributed by atoms with Crippen LogP contribution in [-0.2, 0) is 0 Å². The first-order chi connectivity index (χ1) is 8.97. The number of nitrogens with zero attached hydrogens (tertiary/aromatic N) is 1. The minimum absolute atomic E-state index is 0.0762. The molecule has 19 heavy (non-hydrogen) atoms. The number of rotatable bonds is 8. The molecule has 1 rings (SSSR count). The van der Waals surface area contributed by atoms with Gasteiger partial charge in [0.1, 0.15) is 0 Å². The first kappa shape index (κ1) is 17.0. The fourth-order valence-corrected chi connectivity index (χ4v) is 4.01. The summed E-state index contributed by atoms with van der Waals surface area (Å²) in [5.74, 6) is 0. The number of halogens is 1. The third-order valence-electron chi connectivity index (χ3n) is 3.76. The van der Waals surface area contributed by atoms with Crippen LogP contribution >= 0.6 is 22.9 Å². The molecule has 4 heteroatoms. The highest BCUT2D eigenvalue weighted by Gasteiger charge is 2.35. The van der Waals surface area contributed by atoms with E-state index in [1.54, 1.807) is 11.3 Å². The molecule has 0 aliphatic rings. The Bertz CT molecular complexity index is 372. The molecule has 1 aromatic rings. The summed E-state index contributed by atoms with van der Waals surface area (Å²) in [6, 6.07) is 4.48. The summed E-state index contributed by atoms with van der Waals surface area (Å²) in [4.78, 5) is 3.84. The second-order valence-electron chi connectivity index (χ2n) is 5.35. The topological polar surface area (TPSA) is 15.3 Å². The second-order valence-corrected chi connectivity index (χ2v) is 7.10. The van der Waals surface area contributed by atoms with Crippen molar-refractivity contribution in [2.75, 3.05) is 19.6 Å². The van der Waals surface area contributed by atoms with Crippen LogP contribution in [0, 0.1) is 0 Å². The predicted octanol–water partition coefficient (Wildman–Crippen LogP) is 4.56. The second kappa shape index (κ2) is 7.63. The molecule has 0 aromatic carbocycles. The van der Waals surface area contributed by atoms with Crippen LogP contribution in [0.25, 0.3) is 0 Å². The summed E-state index contributed by atoms with van der Waals surface area (Å²) in [6.07, 6.45) is 1.14. The van der Waals surface area contributed by atoms with Gasteiger partial charge in [0.25, 0.3) is 0 Å². The molecule has 1 atom stereocenters. The summed E-state index contributed by atoms with van der Waals surface area (Å²) < 4.78 is 0.869. The maximum Gasteiger partial charge on any atom is 0.0931 e. The first-order valence-corrected chi connectivity index (χ1v) is 8.40. The molecule has 0 fully saturated rings. The predicted molar refractivity (Wildman–Crippen MR) is 87.4 cm³/mol. The Morgan fingerprint density at radius 2 is 1.89 bits per heavy atom. The van der Waals surface area contributed by atoms with E-state index in [0.29, 0.717) is 6.04 Å². The minimum atomic E-state index is 0.0762. The Balaban J connectivity index is 3.01. The first-order valence-electron chi connectivity index (χ1n) is 7.20. The third kappa shape index (κ3) is 4.19. The number of hydrogen-bond donors (Lipinski definition) is 1. The van der Waals surface area contributed by atoms with Crippen LogP contribution in [0.15, 0.2) is 12.1 Å². The van der Waals surface area contributed by atoms with E-state index < -0.39 is 0 Å². The number of likely N-dealkylation sites (N-methyl/N-ethyl adjacent to an activating group) is 1. The van der Waals surface area contributed by atoms with Gasteiger partial charge in [0.15, 0.2) is 0 Å². The molecular weight excluding hydrogens is 276 g/mol. The van der Waals surface area contributed by atoms with E-state index in [0.717, 1.165) is 30.4 Å². The molecule has 1 unspecified atom stereocenters. The van der Waals surface area contributed by atoms with E-state index in [2.05, 4.69) is 50.9 Å². The van der Waals surface area contributed by atoms with E-state index in [4.69, 9.17) is 11.6 Å². The smallest absolute Gasteiger partial charge is 0.0931 e. The molecule has 0 aliphatic heterocycles. The van der Waals surface area contributed by atoms with Crippen LogP contribution < -0.4 is 5.32 Å². The van der Waals surface area contributed by atoms with Gasteiger partial charge in [-0.25, -0.2) is 0 Å². The number of nitrogens with one attached hydrogen (secondary N) is 1. The van der Waals surface area contributed by atoms with Gasteiger partial charge in [-0.3, -0.25) is 4.90 Å². The Morgan fingerprint density at radius 3 is 2.32 bits per heavy atom. The van der Waals surface area contributed by atoms with Crippen molar-refractivity contribution in [2.24, 2.45) is 0 Å². The van der Waals surface area contributed by atoms with Gasteiger partial charge in [-0.2, -0.15) is 0 Å². The number of hydrogen-bond acceptors (Lipinski definition) is 3. The lowest BCUT2D eigenvalue weighted by Gasteiger charge is -2.43. The third-order valence-corrected chi connectivity index (χ3v) is 5.06. The van der Waals surface area contributed by atoms with Crippen molar-refractivity contribution in [3.8, 4) is 0 Å². The van der Waals surface area contributed by atoms with Crippen LogP contribution in [0.4, 0.5) is 0 Å². The molecule has 0 bridgehead atoms. The Labute approximate surface area is 127 Å². The van der Waals surface area contributed by atoms with Crippen LogP contribution in [-0.4, -0.2) is 30.1 Å². The van der Waals surface area contributed by atoms with Gasteiger partial charge in [-0.1, -0.05) is 32.4 Å². The fraction of sp³-hybridized carbons (Fsp3) is 0.733. The summed E-state index contributed by atoms with van der Waals surface area (Å²) >= 11 is 7.80. The molecule has 0 spiro atoms.